The van der Waals surface area contributed by atoms with Crippen molar-refractivity contribution in [2.45, 2.75) is 51.4 Å². The van der Waals surface area contributed by atoms with Gasteiger partial charge in [0.1, 0.15) is 6.23 Å². The van der Waals surface area contributed by atoms with Crippen LogP contribution in [0.5, 0.6) is 0 Å². The molecule has 1 saturated heterocycles. The highest BCUT2D eigenvalue weighted by Crippen LogP contribution is 2.32. The summed E-state index contributed by atoms with van der Waals surface area (Å²) in [5.74, 6) is 0.784. The van der Waals surface area contributed by atoms with Crippen LogP contribution in [0.15, 0.2) is 0 Å². The van der Waals surface area contributed by atoms with Gasteiger partial charge in [0.15, 0.2) is 0 Å². The second-order valence-corrected chi connectivity index (χ2v) is 4.72. The number of hydrogen-bond donors (Lipinski definition) is 1. The second-order valence-electron chi connectivity index (χ2n) is 4.72. The molecule has 0 aromatic rings. The lowest BCUT2D eigenvalue weighted by atomic mass is 10.1. The number of rotatable bonds is 1. The van der Waals surface area contributed by atoms with E-state index in [1.807, 2.05) is 0 Å². The van der Waals surface area contributed by atoms with E-state index in [4.69, 9.17) is 4.74 Å². The van der Waals surface area contributed by atoms with Crippen LogP contribution in [0.4, 0.5) is 0 Å². The average molecular weight is 169 g/mol. The predicted molar refractivity (Wildman–Crippen MR) is 48.9 cm³/mol. The van der Waals surface area contributed by atoms with E-state index in [9.17, 15) is 0 Å². The van der Waals surface area contributed by atoms with Crippen LogP contribution in [0.2, 0.25) is 0 Å². The molecule has 1 heterocycles. The highest BCUT2D eigenvalue weighted by Gasteiger charge is 2.36. The van der Waals surface area contributed by atoms with Crippen molar-refractivity contribution in [3.8, 4) is 0 Å². The smallest absolute Gasteiger partial charge is 0.111 e. The average Bonchev–Trinajstić information content (AvgIpc) is 2.55. The first-order valence-electron chi connectivity index (χ1n) is 5.09. The summed E-state index contributed by atoms with van der Waals surface area (Å²) in [7, 11) is 0. The highest BCUT2D eigenvalue weighted by atomic mass is 16.5. The predicted octanol–water partition coefficient (Wildman–Crippen LogP) is 1.90. The third kappa shape index (κ3) is 1.64. The fourth-order valence-electron chi connectivity index (χ4n) is 2.30. The van der Waals surface area contributed by atoms with Gasteiger partial charge in [-0.2, -0.15) is 0 Å². The molecular formula is C10H19NO. The summed E-state index contributed by atoms with van der Waals surface area (Å²) in [4.78, 5) is 0. The largest absolute Gasteiger partial charge is 0.356 e. The molecule has 2 aliphatic rings. The van der Waals surface area contributed by atoms with Gasteiger partial charge in [-0.15, -0.1) is 0 Å². The van der Waals surface area contributed by atoms with Crippen LogP contribution < -0.4 is 5.32 Å². The summed E-state index contributed by atoms with van der Waals surface area (Å²) in [5.41, 5.74) is 0.0628. The minimum atomic E-state index is 0.0628. The van der Waals surface area contributed by atoms with Crippen molar-refractivity contribution in [2.75, 3.05) is 6.54 Å². The molecule has 0 spiro atoms. The zero-order valence-electron chi connectivity index (χ0n) is 8.10. The first kappa shape index (κ1) is 8.52. The first-order chi connectivity index (χ1) is 5.67. The van der Waals surface area contributed by atoms with Crippen LogP contribution in [-0.4, -0.2) is 18.4 Å². The molecule has 1 N–H and O–H groups in total. The zero-order chi connectivity index (χ0) is 8.60. The molecule has 0 radical (unpaired) electrons. The summed E-state index contributed by atoms with van der Waals surface area (Å²) in [6.45, 7) is 5.33. The lowest BCUT2D eigenvalue weighted by molar-refractivity contribution is -0.0405. The Labute approximate surface area is 74.7 Å². The summed E-state index contributed by atoms with van der Waals surface area (Å²) < 4.78 is 5.92. The van der Waals surface area contributed by atoms with Crippen molar-refractivity contribution >= 4 is 0 Å². The van der Waals surface area contributed by atoms with E-state index < -0.39 is 0 Å². The molecule has 12 heavy (non-hydrogen) atoms. The van der Waals surface area contributed by atoms with Crippen LogP contribution in [0, 0.1) is 5.92 Å². The lowest BCUT2D eigenvalue weighted by Crippen LogP contribution is -2.29. The third-order valence-corrected chi connectivity index (χ3v) is 3.00. The van der Waals surface area contributed by atoms with Gasteiger partial charge >= 0.3 is 0 Å². The number of hydrogen-bond acceptors (Lipinski definition) is 2. The van der Waals surface area contributed by atoms with E-state index in [-0.39, 0.29) is 5.60 Å². The van der Waals surface area contributed by atoms with Gasteiger partial charge < -0.3 is 4.74 Å². The molecule has 2 rings (SSSR count). The van der Waals surface area contributed by atoms with Crippen molar-refractivity contribution in [1.82, 2.24) is 5.32 Å². The Morgan fingerprint density at radius 1 is 1.25 bits per heavy atom. The van der Waals surface area contributed by atoms with Crippen molar-refractivity contribution in [3.63, 3.8) is 0 Å². The number of nitrogens with one attached hydrogen (secondary N) is 1. The van der Waals surface area contributed by atoms with Gasteiger partial charge in [0.2, 0.25) is 0 Å². The molecule has 1 aliphatic heterocycles. The van der Waals surface area contributed by atoms with Crippen LogP contribution in [0.3, 0.4) is 0 Å². The maximum atomic E-state index is 5.92. The molecule has 0 amide bonds. The van der Waals surface area contributed by atoms with Gasteiger partial charge in [-0.05, 0) is 32.6 Å². The minimum absolute atomic E-state index is 0.0628. The van der Waals surface area contributed by atoms with E-state index in [0.29, 0.717) is 6.23 Å². The van der Waals surface area contributed by atoms with Crippen molar-refractivity contribution in [2.24, 2.45) is 5.92 Å². The third-order valence-electron chi connectivity index (χ3n) is 3.00. The standard InChI is InChI=1S/C10H19NO/c1-10(2)7-11-9(12-10)8-5-3-4-6-8/h8-9,11H,3-7H2,1-2H3. The molecule has 0 aromatic carbocycles. The molecule has 2 nitrogen and oxygen atoms in total. The van der Waals surface area contributed by atoms with Crippen LogP contribution in [0.25, 0.3) is 0 Å². The van der Waals surface area contributed by atoms with Crippen LogP contribution >= 0.6 is 0 Å². The molecular weight excluding hydrogens is 150 g/mol. The van der Waals surface area contributed by atoms with E-state index >= 15 is 0 Å². The monoisotopic (exact) mass is 169 g/mol. The number of ether oxygens (including phenoxy) is 1. The van der Waals surface area contributed by atoms with Gasteiger partial charge in [-0.1, -0.05) is 12.8 Å². The molecule has 2 heteroatoms. The molecule has 0 bridgehead atoms. The Morgan fingerprint density at radius 2 is 1.92 bits per heavy atom. The van der Waals surface area contributed by atoms with Crippen molar-refractivity contribution in [3.05, 3.63) is 0 Å². The molecule has 1 aliphatic carbocycles. The zero-order valence-corrected chi connectivity index (χ0v) is 8.10. The summed E-state index contributed by atoms with van der Waals surface area (Å²) >= 11 is 0. The minimum Gasteiger partial charge on any atom is -0.356 e. The Balaban J connectivity index is 1.90. The van der Waals surface area contributed by atoms with Crippen molar-refractivity contribution in [1.29, 1.82) is 0 Å². The van der Waals surface area contributed by atoms with E-state index in [0.717, 1.165) is 12.5 Å². The van der Waals surface area contributed by atoms with E-state index in [2.05, 4.69) is 19.2 Å². The lowest BCUT2D eigenvalue weighted by Gasteiger charge is -2.21. The highest BCUT2D eigenvalue weighted by molar-refractivity contribution is 4.86. The van der Waals surface area contributed by atoms with E-state index in [1.165, 1.54) is 25.7 Å². The molecule has 0 aromatic heterocycles. The molecule has 70 valence electrons. The normalized spacial score (nSPS) is 36.0. The van der Waals surface area contributed by atoms with Gasteiger partial charge in [0, 0.05) is 6.54 Å². The van der Waals surface area contributed by atoms with Gasteiger partial charge in [-0.3, -0.25) is 5.32 Å². The molecule has 2 fully saturated rings. The summed E-state index contributed by atoms with van der Waals surface area (Å²) in [5, 5.41) is 3.47. The van der Waals surface area contributed by atoms with E-state index in [1.54, 1.807) is 0 Å². The quantitative estimate of drug-likeness (QED) is 0.647. The van der Waals surface area contributed by atoms with Crippen LogP contribution in [-0.2, 0) is 4.74 Å². The Bertz CT molecular complexity index is 161. The van der Waals surface area contributed by atoms with Gasteiger partial charge in [-0.25, -0.2) is 0 Å². The second kappa shape index (κ2) is 3.00. The van der Waals surface area contributed by atoms with Gasteiger partial charge in [0.25, 0.3) is 0 Å². The maximum Gasteiger partial charge on any atom is 0.111 e. The summed E-state index contributed by atoms with van der Waals surface area (Å²) in [6, 6.07) is 0. The maximum absolute atomic E-state index is 5.92. The fourth-order valence-corrected chi connectivity index (χ4v) is 2.30. The Kier molecular flexibility index (Phi) is 2.13. The SMILES string of the molecule is CC1(C)CNC(C2CCCC2)O1. The molecule has 1 unspecified atom stereocenters. The van der Waals surface area contributed by atoms with Crippen molar-refractivity contribution < 1.29 is 4.74 Å². The first-order valence-corrected chi connectivity index (χ1v) is 5.09. The van der Waals surface area contributed by atoms with Crippen LogP contribution in [0.1, 0.15) is 39.5 Å². The van der Waals surface area contributed by atoms with Gasteiger partial charge in [0.05, 0.1) is 5.60 Å². The molecule has 1 saturated carbocycles. The Morgan fingerprint density at radius 3 is 2.42 bits per heavy atom. The summed E-state index contributed by atoms with van der Waals surface area (Å²) in [6.07, 6.45) is 5.85. The molecule has 1 atom stereocenters. The Hall–Kier alpha value is -0.0800. The fraction of sp³-hybridized carbons (Fsp3) is 1.00. The topological polar surface area (TPSA) is 21.3 Å².